The average Bonchev–Trinajstić information content (AvgIpc) is 1.27. The molecule has 0 unspecified atom stereocenters. The van der Waals surface area contributed by atoms with Crippen molar-refractivity contribution in [2.24, 2.45) is 0 Å². The van der Waals surface area contributed by atoms with Crippen LogP contribution >= 0.6 is 0 Å². The summed E-state index contributed by atoms with van der Waals surface area (Å²) in [6.07, 6.45) is 0. The Bertz CT molecular complexity index is 39.0. The molecule has 0 bridgehead atoms. The number of hydrogen-bond acceptors (Lipinski definition) is 2. The molecule has 0 N–H and O–H groups in total. The fraction of sp³-hybridized carbons (Fsp3) is 1.00. The lowest BCUT2D eigenvalue weighted by Crippen LogP contribution is -2.31. The summed E-state index contributed by atoms with van der Waals surface area (Å²) in [6.45, 7) is 0. The summed E-state index contributed by atoms with van der Waals surface area (Å²) in [6, 6.07) is 0. The quantitative estimate of drug-likeness (QED) is 0.436. The first-order valence-electron chi connectivity index (χ1n) is 2.31. The van der Waals surface area contributed by atoms with Crippen molar-refractivity contribution in [2.75, 3.05) is 28.2 Å². The van der Waals surface area contributed by atoms with Crippen molar-refractivity contribution in [3.05, 3.63) is 0 Å². The lowest BCUT2D eigenvalue weighted by atomic mass is 10.1. The van der Waals surface area contributed by atoms with E-state index in [-0.39, 0.29) is 0 Å². The third kappa shape index (κ3) is 5.98. The molecule has 0 rings (SSSR count). The minimum absolute atomic E-state index is 2.00. The highest BCUT2D eigenvalue weighted by molar-refractivity contribution is 6.27. The van der Waals surface area contributed by atoms with Gasteiger partial charge in [-0.15, -0.1) is 0 Å². The van der Waals surface area contributed by atoms with Gasteiger partial charge in [-0.05, 0) is 28.2 Å². The lowest BCUT2D eigenvalue weighted by molar-refractivity contribution is 0.549. The Morgan fingerprint density at radius 2 is 1.14 bits per heavy atom. The predicted molar refractivity (Wildman–Crippen MR) is 33.1 cm³/mol. The van der Waals surface area contributed by atoms with Gasteiger partial charge in [0.2, 0.25) is 0 Å². The van der Waals surface area contributed by atoms with Gasteiger partial charge in [-0.1, -0.05) is 0 Å². The Balaban J connectivity index is 2.95. The molecule has 0 saturated heterocycles. The zero-order chi connectivity index (χ0) is 5.86. The molecule has 0 aromatic carbocycles. The van der Waals surface area contributed by atoms with Crippen LogP contribution in [-0.4, -0.2) is 45.4 Å². The van der Waals surface area contributed by atoms with Gasteiger partial charge in [0.05, 0.1) is 0 Å². The lowest BCUT2D eigenvalue weighted by Gasteiger charge is -2.12. The van der Waals surface area contributed by atoms with Gasteiger partial charge in [0.15, 0.2) is 0 Å². The molecule has 0 spiro atoms. The van der Waals surface area contributed by atoms with Crippen LogP contribution in [0.2, 0.25) is 0 Å². The first-order chi connectivity index (χ1) is 3.13. The molecule has 0 heterocycles. The Morgan fingerprint density at radius 1 is 0.857 bits per heavy atom. The van der Waals surface area contributed by atoms with E-state index in [4.69, 9.17) is 0 Å². The van der Waals surface area contributed by atoms with Crippen LogP contribution in [0.5, 0.6) is 0 Å². The van der Waals surface area contributed by atoms with Gasteiger partial charge in [-0.3, -0.25) is 0 Å². The summed E-state index contributed by atoms with van der Waals surface area (Å²) in [5.41, 5.74) is 0. The van der Waals surface area contributed by atoms with Crippen LogP contribution in [-0.2, 0) is 0 Å². The van der Waals surface area contributed by atoms with E-state index in [1.165, 1.54) is 0 Å². The highest BCUT2D eigenvalue weighted by Crippen LogP contribution is 1.70. The first-order valence-corrected chi connectivity index (χ1v) is 2.31. The molecule has 0 fully saturated rings. The summed E-state index contributed by atoms with van der Waals surface area (Å²) < 4.78 is 0. The van der Waals surface area contributed by atoms with Crippen molar-refractivity contribution in [1.82, 2.24) is 9.62 Å². The molecule has 3 heteroatoms. The van der Waals surface area contributed by atoms with Crippen LogP contribution in [0.3, 0.4) is 0 Å². The van der Waals surface area contributed by atoms with Gasteiger partial charge in [0, 0.05) is 0 Å². The molecule has 0 aliphatic rings. The molecule has 0 aliphatic carbocycles. The van der Waals surface area contributed by atoms with Crippen LogP contribution in [0, 0.1) is 0 Å². The summed E-state index contributed by atoms with van der Waals surface area (Å²) >= 11 is 0. The van der Waals surface area contributed by atoms with Gasteiger partial charge in [-0.2, -0.15) is 0 Å². The maximum atomic E-state index is 2.00. The van der Waals surface area contributed by atoms with Crippen LogP contribution in [0.4, 0.5) is 0 Å². The molecular formula is C4H12BN2. The predicted octanol–water partition coefficient (Wildman–Crippen LogP) is -0.356. The third-order valence-corrected chi connectivity index (χ3v) is 0.462. The Morgan fingerprint density at radius 3 is 1.14 bits per heavy atom. The minimum Gasteiger partial charge on any atom is -0.337 e. The summed E-state index contributed by atoms with van der Waals surface area (Å²) in [7, 11) is 10.0. The van der Waals surface area contributed by atoms with Gasteiger partial charge < -0.3 is 9.62 Å². The van der Waals surface area contributed by atoms with E-state index < -0.39 is 0 Å². The fourth-order valence-corrected chi connectivity index (χ4v) is 0.462. The Labute approximate surface area is 46.4 Å². The molecule has 41 valence electrons. The number of nitrogens with zero attached hydrogens (tertiary/aromatic N) is 2. The second kappa shape index (κ2) is 3.05. The summed E-state index contributed by atoms with van der Waals surface area (Å²) in [5, 5.41) is 0. The monoisotopic (exact) mass is 99.1 g/mol. The van der Waals surface area contributed by atoms with E-state index in [2.05, 4.69) is 0 Å². The van der Waals surface area contributed by atoms with Crippen molar-refractivity contribution >= 4 is 7.55 Å². The van der Waals surface area contributed by atoms with Crippen molar-refractivity contribution in [3.63, 3.8) is 0 Å². The molecule has 1 radical (unpaired) electrons. The highest BCUT2D eigenvalue weighted by atomic mass is 15.1. The topological polar surface area (TPSA) is 6.48 Å². The largest absolute Gasteiger partial charge is 0.337 e. The van der Waals surface area contributed by atoms with Crippen LogP contribution in [0.15, 0.2) is 0 Å². The van der Waals surface area contributed by atoms with E-state index in [0.29, 0.717) is 0 Å². The van der Waals surface area contributed by atoms with Gasteiger partial charge in [0.1, 0.15) is 0 Å². The summed E-state index contributed by atoms with van der Waals surface area (Å²) in [5.74, 6) is 0. The molecule has 0 aromatic heterocycles. The second-order valence-corrected chi connectivity index (χ2v) is 2.04. The molecular weight excluding hydrogens is 86.9 g/mol. The molecule has 0 atom stereocenters. The molecule has 0 saturated carbocycles. The number of hydrogen-bond donors (Lipinski definition) is 0. The van der Waals surface area contributed by atoms with Gasteiger partial charge >= 0.3 is 7.55 Å². The van der Waals surface area contributed by atoms with Gasteiger partial charge in [0.25, 0.3) is 0 Å². The summed E-state index contributed by atoms with van der Waals surface area (Å²) in [4.78, 5) is 4.00. The van der Waals surface area contributed by atoms with E-state index in [9.17, 15) is 0 Å². The minimum atomic E-state index is 2.00. The first kappa shape index (κ1) is 6.98. The molecule has 0 aliphatic heterocycles. The standard InChI is InChI=1S/C4H12BN2/c1-6(2)5-7(3)4/h1-4H3. The van der Waals surface area contributed by atoms with Gasteiger partial charge in [-0.25, -0.2) is 0 Å². The van der Waals surface area contributed by atoms with Crippen molar-refractivity contribution in [2.45, 2.75) is 0 Å². The van der Waals surface area contributed by atoms with E-state index in [0.717, 1.165) is 0 Å². The average molecular weight is 99.0 g/mol. The number of rotatable bonds is 2. The smallest absolute Gasteiger partial charge is 0.312 e. The SMILES string of the molecule is CN(C)[B]N(C)C. The van der Waals surface area contributed by atoms with Crippen molar-refractivity contribution in [1.29, 1.82) is 0 Å². The van der Waals surface area contributed by atoms with E-state index >= 15 is 0 Å². The van der Waals surface area contributed by atoms with Crippen LogP contribution in [0.1, 0.15) is 0 Å². The molecule has 0 aromatic rings. The molecule has 2 nitrogen and oxygen atoms in total. The van der Waals surface area contributed by atoms with Crippen LogP contribution < -0.4 is 0 Å². The molecule has 7 heavy (non-hydrogen) atoms. The maximum absolute atomic E-state index is 2.00. The second-order valence-electron chi connectivity index (χ2n) is 2.04. The van der Waals surface area contributed by atoms with Crippen LogP contribution in [0.25, 0.3) is 0 Å². The zero-order valence-electron chi connectivity index (χ0n) is 5.47. The third-order valence-electron chi connectivity index (χ3n) is 0.462. The fourth-order valence-electron chi connectivity index (χ4n) is 0.462. The molecule has 0 amide bonds. The van der Waals surface area contributed by atoms with E-state index in [1.807, 2.05) is 45.4 Å². The van der Waals surface area contributed by atoms with Crippen molar-refractivity contribution < 1.29 is 0 Å². The Hall–Kier alpha value is -0.0151. The van der Waals surface area contributed by atoms with Crippen molar-refractivity contribution in [3.8, 4) is 0 Å². The zero-order valence-corrected chi connectivity index (χ0v) is 5.47. The normalized spacial score (nSPS) is 10.6. The highest BCUT2D eigenvalue weighted by Gasteiger charge is 1.93. The maximum Gasteiger partial charge on any atom is 0.312 e. The Kier molecular flexibility index (Phi) is 3.04. The van der Waals surface area contributed by atoms with E-state index in [1.54, 1.807) is 0 Å².